The van der Waals surface area contributed by atoms with Crippen molar-refractivity contribution in [2.24, 2.45) is 4.99 Å². The number of hydrogen-bond donors (Lipinski definition) is 2. The standard InChI is InChI=1S/C22H26F3N3O3.HI/c1-2-26-21(28-18-7-8-19-20(12-18)31-10-4-9-30-19)27-13-16-5-3-6-17(11-16)14-29-15-22(23,24)25;/h3,5-8,11-12H,2,4,9-10,13-15H2,1H3,(H2,26,27,28);1H. The lowest BCUT2D eigenvalue weighted by molar-refractivity contribution is -0.176. The summed E-state index contributed by atoms with van der Waals surface area (Å²) in [5.74, 6) is 1.98. The highest BCUT2D eigenvalue weighted by atomic mass is 127. The summed E-state index contributed by atoms with van der Waals surface area (Å²) in [5, 5.41) is 6.42. The van der Waals surface area contributed by atoms with Gasteiger partial charge in [-0.15, -0.1) is 24.0 Å². The van der Waals surface area contributed by atoms with Gasteiger partial charge < -0.3 is 24.8 Å². The van der Waals surface area contributed by atoms with Crippen LogP contribution in [0.2, 0.25) is 0 Å². The van der Waals surface area contributed by atoms with Gasteiger partial charge in [-0.25, -0.2) is 4.99 Å². The summed E-state index contributed by atoms with van der Waals surface area (Å²) in [6.45, 7) is 2.85. The first-order valence-electron chi connectivity index (χ1n) is 10.1. The summed E-state index contributed by atoms with van der Waals surface area (Å²) in [6.07, 6.45) is -3.50. The largest absolute Gasteiger partial charge is 0.490 e. The Labute approximate surface area is 202 Å². The summed E-state index contributed by atoms with van der Waals surface area (Å²) in [4.78, 5) is 4.57. The molecular formula is C22H27F3IN3O3. The van der Waals surface area contributed by atoms with Crippen molar-refractivity contribution in [3.05, 3.63) is 53.6 Å². The van der Waals surface area contributed by atoms with Crippen LogP contribution < -0.4 is 20.1 Å². The zero-order valence-electron chi connectivity index (χ0n) is 17.7. The van der Waals surface area contributed by atoms with Crippen molar-refractivity contribution in [1.29, 1.82) is 0 Å². The van der Waals surface area contributed by atoms with E-state index >= 15 is 0 Å². The molecule has 176 valence electrons. The third kappa shape index (κ3) is 8.73. The number of alkyl halides is 3. The van der Waals surface area contributed by atoms with Crippen molar-refractivity contribution >= 4 is 35.6 Å². The Bertz CT molecular complexity index is 894. The van der Waals surface area contributed by atoms with E-state index in [0.717, 1.165) is 23.4 Å². The molecule has 2 aromatic rings. The monoisotopic (exact) mass is 565 g/mol. The first kappa shape index (κ1) is 26.0. The second kappa shape index (κ2) is 12.7. The Morgan fingerprint density at radius 1 is 1.06 bits per heavy atom. The van der Waals surface area contributed by atoms with Gasteiger partial charge >= 0.3 is 6.18 Å². The molecule has 1 aliphatic heterocycles. The van der Waals surface area contributed by atoms with Crippen molar-refractivity contribution < 1.29 is 27.4 Å². The van der Waals surface area contributed by atoms with Crippen LogP contribution in [0.5, 0.6) is 11.5 Å². The molecule has 0 unspecified atom stereocenters. The fraction of sp³-hybridized carbons (Fsp3) is 0.409. The van der Waals surface area contributed by atoms with Gasteiger partial charge in [0.2, 0.25) is 0 Å². The summed E-state index contributed by atoms with van der Waals surface area (Å²) >= 11 is 0. The molecule has 2 aromatic carbocycles. The van der Waals surface area contributed by atoms with E-state index in [0.29, 0.717) is 43.6 Å². The van der Waals surface area contributed by atoms with E-state index in [1.807, 2.05) is 31.2 Å². The molecule has 0 saturated carbocycles. The molecule has 2 N–H and O–H groups in total. The van der Waals surface area contributed by atoms with E-state index in [2.05, 4.69) is 15.6 Å². The molecule has 3 rings (SSSR count). The highest BCUT2D eigenvalue weighted by molar-refractivity contribution is 14.0. The Morgan fingerprint density at radius 3 is 2.56 bits per heavy atom. The number of guanidine groups is 1. The molecule has 1 aliphatic rings. The van der Waals surface area contributed by atoms with Crippen LogP contribution in [0.3, 0.4) is 0 Å². The summed E-state index contributed by atoms with van der Waals surface area (Å²) < 4.78 is 52.8. The van der Waals surface area contributed by atoms with Crippen molar-refractivity contribution in [2.75, 3.05) is 31.7 Å². The molecule has 1 heterocycles. The third-order valence-electron chi connectivity index (χ3n) is 4.30. The highest BCUT2D eigenvalue weighted by Crippen LogP contribution is 2.32. The van der Waals surface area contributed by atoms with E-state index in [1.165, 1.54) is 0 Å². The minimum absolute atomic E-state index is 0. The number of hydrogen-bond acceptors (Lipinski definition) is 4. The molecule has 6 nitrogen and oxygen atoms in total. The van der Waals surface area contributed by atoms with Crippen molar-refractivity contribution in [1.82, 2.24) is 5.32 Å². The van der Waals surface area contributed by atoms with Crippen LogP contribution >= 0.6 is 24.0 Å². The van der Waals surface area contributed by atoms with Gasteiger partial charge in [0.05, 0.1) is 26.4 Å². The number of ether oxygens (including phenoxy) is 3. The smallest absolute Gasteiger partial charge is 0.411 e. The van der Waals surface area contributed by atoms with Crippen molar-refractivity contribution in [3.63, 3.8) is 0 Å². The van der Waals surface area contributed by atoms with Crippen LogP contribution in [0, 0.1) is 0 Å². The Hall–Kier alpha value is -2.21. The number of nitrogens with zero attached hydrogens (tertiary/aromatic N) is 1. The average molecular weight is 565 g/mol. The van der Waals surface area contributed by atoms with Crippen LogP contribution in [-0.4, -0.2) is 38.5 Å². The summed E-state index contributed by atoms with van der Waals surface area (Å²) in [5.41, 5.74) is 2.33. The number of fused-ring (bicyclic) bond motifs is 1. The first-order valence-corrected chi connectivity index (χ1v) is 10.1. The highest BCUT2D eigenvalue weighted by Gasteiger charge is 2.27. The Morgan fingerprint density at radius 2 is 1.81 bits per heavy atom. The van der Waals surface area contributed by atoms with Crippen LogP contribution in [0.25, 0.3) is 0 Å². The molecule has 32 heavy (non-hydrogen) atoms. The fourth-order valence-electron chi connectivity index (χ4n) is 2.96. The van der Waals surface area contributed by atoms with E-state index < -0.39 is 12.8 Å². The molecule has 0 amide bonds. The van der Waals surface area contributed by atoms with E-state index in [1.54, 1.807) is 18.2 Å². The number of halogens is 4. The predicted molar refractivity (Wildman–Crippen MR) is 128 cm³/mol. The van der Waals surface area contributed by atoms with E-state index in [9.17, 15) is 13.2 Å². The molecule has 0 aliphatic carbocycles. The molecule has 0 saturated heterocycles. The van der Waals surface area contributed by atoms with Gasteiger partial charge in [0, 0.05) is 24.7 Å². The molecular weight excluding hydrogens is 538 g/mol. The third-order valence-corrected chi connectivity index (χ3v) is 4.30. The molecule has 10 heteroatoms. The van der Waals surface area contributed by atoms with Crippen LogP contribution in [-0.2, 0) is 17.9 Å². The van der Waals surface area contributed by atoms with E-state index in [-0.39, 0.29) is 30.6 Å². The van der Waals surface area contributed by atoms with Crippen LogP contribution in [0.1, 0.15) is 24.5 Å². The second-order valence-corrected chi connectivity index (χ2v) is 6.96. The van der Waals surface area contributed by atoms with Crippen LogP contribution in [0.15, 0.2) is 47.5 Å². The number of rotatable bonds is 7. The molecule has 0 bridgehead atoms. The molecule has 0 radical (unpaired) electrons. The van der Waals surface area contributed by atoms with Gasteiger partial charge in [-0.05, 0) is 30.2 Å². The molecule has 0 atom stereocenters. The number of nitrogens with one attached hydrogen (secondary N) is 2. The molecule has 0 aromatic heterocycles. The Balaban J connectivity index is 0.00000363. The van der Waals surface area contributed by atoms with E-state index in [4.69, 9.17) is 14.2 Å². The van der Waals surface area contributed by atoms with Gasteiger partial charge in [0.1, 0.15) is 6.61 Å². The zero-order valence-corrected chi connectivity index (χ0v) is 20.0. The SMILES string of the molecule is CCNC(=NCc1cccc(COCC(F)(F)F)c1)Nc1ccc2c(c1)OCCCO2.I. The van der Waals surface area contributed by atoms with Gasteiger partial charge in [-0.1, -0.05) is 24.3 Å². The maximum Gasteiger partial charge on any atom is 0.411 e. The summed E-state index contributed by atoms with van der Waals surface area (Å²) in [7, 11) is 0. The maximum atomic E-state index is 12.2. The minimum atomic E-state index is -4.33. The molecule has 0 fully saturated rings. The Kier molecular flexibility index (Phi) is 10.4. The van der Waals surface area contributed by atoms with Gasteiger partial charge in [0.25, 0.3) is 0 Å². The predicted octanol–water partition coefficient (Wildman–Crippen LogP) is 5.12. The first-order chi connectivity index (χ1) is 14.9. The van der Waals surface area contributed by atoms with Crippen molar-refractivity contribution in [2.45, 2.75) is 32.7 Å². The number of benzene rings is 2. The van der Waals surface area contributed by atoms with Gasteiger partial charge in [-0.2, -0.15) is 13.2 Å². The topological polar surface area (TPSA) is 64.1 Å². The average Bonchev–Trinajstić information content (AvgIpc) is 2.97. The minimum Gasteiger partial charge on any atom is -0.490 e. The fourth-order valence-corrected chi connectivity index (χ4v) is 2.96. The van der Waals surface area contributed by atoms with Crippen LogP contribution in [0.4, 0.5) is 18.9 Å². The lowest BCUT2D eigenvalue weighted by Gasteiger charge is -2.14. The van der Waals surface area contributed by atoms with Gasteiger partial charge in [0.15, 0.2) is 17.5 Å². The molecule has 0 spiro atoms. The van der Waals surface area contributed by atoms with Crippen molar-refractivity contribution in [3.8, 4) is 11.5 Å². The lowest BCUT2D eigenvalue weighted by atomic mass is 10.1. The quantitative estimate of drug-likeness (QED) is 0.277. The summed E-state index contributed by atoms with van der Waals surface area (Å²) in [6, 6.07) is 12.8. The zero-order chi connectivity index (χ0) is 22.1. The lowest BCUT2D eigenvalue weighted by Crippen LogP contribution is -2.30. The maximum absolute atomic E-state index is 12.2. The second-order valence-electron chi connectivity index (χ2n) is 6.96. The number of aliphatic imine (C=N–C) groups is 1. The normalized spacial score (nSPS) is 13.7. The number of anilines is 1. The van der Waals surface area contributed by atoms with Gasteiger partial charge in [-0.3, -0.25) is 0 Å².